The number of thiocarbonyl (C=S) groups is 1. The number of nitrogens with one attached hydrogen (secondary N) is 2. The van der Waals surface area contributed by atoms with Gasteiger partial charge >= 0.3 is 0 Å². The zero-order valence-electron chi connectivity index (χ0n) is 11.4. The molecule has 0 amide bonds. The first-order valence-electron chi connectivity index (χ1n) is 5.89. The lowest BCUT2D eigenvalue weighted by molar-refractivity contribution is 0.204. The van der Waals surface area contributed by atoms with Crippen LogP contribution in [0.3, 0.4) is 0 Å². The van der Waals surface area contributed by atoms with E-state index in [1.54, 1.807) is 14.2 Å². The molecule has 6 heteroatoms. The molecule has 0 heterocycles. The fourth-order valence-electron chi connectivity index (χ4n) is 1.34. The van der Waals surface area contributed by atoms with Crippen LogP contribution in [0.15, 0.2) is 29.4 Å². The molecule has 0 aliphatic heterocycles. The van der Waals surface area contributed by atoms with Crippen LogP contribution in [0.1, 0.15) is 12.5 Å². The Labute approximate surface area is 119 Å². The van der Waals surface area contributed by atoms with E-state index in [1.165, 1.54) is 0 Å². The molecule has 0 fully saturated rings. The number of benzene rings is 1. The van der Waals surface area contributed by atoms with Gasteiger partial charge in [-0.3, -0.25) is 5.43 Å². The highest BCUT2D eigenvalue weighted by Crippen LogP contribution is 2.11. The first-order chi connectivity index (χ1) is 9.17. The monoisotopic (exact) mass is 281 g/mol. The van der Waals surface area contributed by atoms with Crippen molar-refractivity contribution < 1.29 is 9.47 Å². The summed E-state index contributed by atoms with van der Waals surface area (Å²) in [6.07, 6.45) is 0. The molecule has 5 nitrogen and oxygen atoms in total. The van der Waals surface area contributed by atoms with Gasteiger partial charge in [-0.25, -0.2) is 0 Å². The fourth-order valence-corrected chi connectivity index (χ4v) is 1.49. The van der Waals surface area contributed by atoms with Crippen LogP contribution in [0.25, 0.3) is 0 Å². The van der Waals surface area contributed by atoms with Crippen molar-refractivity contribution in [2.45, 2.75) is 6.92 Å². The Balaban J connectivity index is 2.49. The highest BCUT2D eigenvalue weighted by atomic mass is 32.1. The van der Waals surface area contributed by atoms with Crippen LogP contribution in [-0.2, 0) is 4.74 Å². The van der Waals surface area contributed by atoms with E-state index in [0.717, 1.165) is 17.0 Å². The summed E-state index contributed by atoms with van der Waals surface area (Å²) in [6.45, 7) is 3.16. The second-order valence-corrected chi connectivity index (χ2v) is 4.19. The fraction of sp³-hybridized carbons (Fsp3) is 0.385. The maximum absolute atomic E-state index is 5.10. The number of hydrazone groups is 1. The van der Waals surface area contributed by atoms with Gasteiger partial charge in [0.25, 0.3) is 0 Å². The smallest absolute Gasteiger partial charge is 0.187 e. The maximum Gasteiger partial charge on any atom is 0.187 e. The van der Waals surface area contributed by atoms with Gasteiger partial charge in [-0.15, -0.1) is 0 Å². The SMILES string of the molecule is COCCNC(=S)N/N=C(/C)c1ccc(OC)cc1. The lowest BCUT2D eigenvalue weighted by Crippen LogP contribution is -2.34. The van der Waals surface area contributed by atoms with Crippen molar-refractivity contribution >= 4 is 23.0 Å². The first kappa shape index (κ1) is 15.4. The van der Waals surface area contributed by atoms with E-state index in [9.17, 15) is 0 Å². The van der Waals surface area contributed by atoms with E-state index in [1.807, 2.05) is 31.2 Å². The summed E-state index contributed by atoms with van der Waals surface area (Å²) < 4.78 is 10.0. The van der Waals surface area contributed by atoms with Gasteiger partial charge < -0.3 is 14.8 Å². The van der Waals surface area contributed by atoms with Crippen molar-refractivity contribution in [2.75, 3.05) is 27.4 Å². The molecule has 0 bridgehead atoms. The van der Waals surface area contributed by atoms with Crippen molar-refractivity contribution in [2.24, 2.45) is 5.10 Å². The maximum atomic E-state index is 5.10. The molecule has 0 aromatic heterocycles. The molecule has 0 radical (unpaired) electrons. The van der Waals surface area contributed by atoms with Crippen LogP contribution in [0, 0.1) is 0 Å². The zero-order valence-corrected chi connectivity index (χ0v) is 12.2. The molecule has 104 valence electrons. The summed E-state index contributed by atoms with van der Waals surface area (Å²) in [5.74, 6) is 0.821. The topological polar surface area (TPSA) is 54.9 Å². The van der Waals surface area contributed by atoms with E-state index in [0.29, 0.717) is 18.3 Å². The summed E-state index contributed by atoms with van der Waals surface area (Å²) in [6, 6.07) is 7.68. The van der Waals surface area contributed by atoms with Gasteiger partial charge in [0.15, 0.2) is 5.11 Å². The summed E-state index contributed by atoms with van der Waals surface area (Å²) in [5, 5.41) is 7.66. The lowest BCUT2D eigenvalue weighted by Gasteiger charge is -2.07. The molecule has 0 spiro atoms. The molecule has 0 atom stereocenters. The second-order valence-electron chi connectivity index (χ2n) is 3.79. The Morgan fingerprint density at radius 1 is 1.26 bits per heavy atom. The van der Waals surface area contributed by atoms with E-state index in [2.05, 4.69) is 15.8 Å². The Morgan fingerprint density at radius 3 is 2.53 bits per heavy atom. The summed E-state index contributed by atoms with van der Waals surface area (Å²) >= 11 is 5.07. The summed E-state index contributed by atoms with van der Waals surface area (Å²) in [4.78, 5) is 0. The van der Waals surface area contributed by atoms with Crippen molar-refractivity contribution in [3.8, 4) is 5.75 Å². The second kappa shape index (κ2) is 8.44. The first-order valence-corrected chi connectivity index (χ1v) is 6.29. The van der Waals surface area contributed by atoms with Crippen molar-refractivity contribution in [3.63, 3.8) is 0 Å². The van der Waals surface area contributed by atoms with Crippen LogP contribution in [0.2, 0.25) is 0 Å². The van der Waals surface area contributed by atoms with Gasteiger partial charge in [-0.2, -0.15) is 5.10 Å². The molecule has 0 saturated carbocycles. The van der Waals surface area contributed by atoms with E-state index in [4.69, 9.17) is 21.7 Å². The minimum Gasteiger partial charge on any atom is -0.497 e. The normalized spacial score (nSPS) is 11.0. The Morgan fingerprint density at radius 2 is 1.95 bits per heavy atom. The largest absolute Gasteiger partial charge is 0.497 e. The third-order valence-corrected chi connectivity index (χ3v) is 2.66. The molecule has 1 aromatic rings. The molecule has 0 aliphatic carbocycles. The average molecular weight is 281 g/mol. The molecule has 1 aromatic carbocycles. The van der Waals surface area contributed by atoms with Gasteiger partial charge in [0.2, 0.25) is 0 Å². The predicted molar refractivity (Wildman–Crippen MR) is 80.8 cm³/mol. The average Bonchev–Trinajstić information content (AvgIpc) is 2.45. The quantitative estimate of drug-likeness (QED) is 0.358. The minimum absolute atomic E-state index is 0.477. The number of ether oxygens (including phenoxy) is 2. The lowest BCUT2D eigenvalue weighted by atomic mass is 10.1. The van der Waals surface area contributed by atoms with E-state index < -0.39 is 0 Å². The van der Waals surface area contributed by atoms with Crippen LogP contribution < -0.4 is 15.5 Å². The van der Waals surface area contributed by atoms with Gasteiger partial charge in [0.05, 0.1) is 19.4 Å². The molecule has 2 N–H and O–H groups in total. The van der Waals surface area contributed by atoms with E-state index >= 15 is 0 Å². The third-order valence-electron chi connectivity index (χ3n) is 2.42. The van der Waals surface area contributed by atoms with E-state index in [-0.39, 0.29) is 0 Å². The molecular formula is C13H19N3O2S. The predicted octanol–water partition coefficient (Wildman–Crippen LogP) is 1.53. The number of nitrogens with zero attached hydrogens (tertiary/aromatic N) is 1. The Kier molecular flexibility index (Phi) is 6.84. The molecular weight excluding hydrogens is 262 g/mol. The van der Waals surface area contributed by atoms with Crippen molar-refractivity contribution in [1.82, 2.24) is 10.7 Å². The molecule has 0 saturated heterocycles. The highest BCUT2D eigenvalue weighted by molar-refractivity contribution is 7.80. The van der Waals surface area contributed by atoms with Gasteiger partial charge in [-0.1, -0.05) is 0 Å². The number of hydrogen-bond acceptors (Lipinski definition) is 4. The summed E-state index contributed by atoms with van der Waals surface area (Å²) in [5.41, 5.74) is 4.64. The molecule has 1 rings (SSSR count). The standard InChI is InChI=1S/C13H19N3O2S/c1-10(11-4-6-12(18-3)7-5-11)15-16-13(19)14-8-9-17-2/h4-7H,8-9H2,1-3H3,(H2,14,16,19)/b15-10-. The van der Waals surface area contributed by atoms with Crippen LogP contribution in [0.4, 0.5) is 0 Å². The number of hydrogen-bond donors (Lipinski definition) is 2. The van der Waals surface area contributed by atoms with Crippen LogP contribution in [0.5, 0.6) is 5.75 Å². The number of methoxy groups -OCH3 is 2. The minimum atomic E-state index is 0.477. The molecule has 0 aliphatic rings. The van der Waals surface area contributed by atoms with Gasteiger partial charge in [0.1, 0.15) is 5.75 Å². The van der Waals surface area contributed by atoms with Crippen LogP contribution in [-0.4, -0.2) is 38.2 Å². The van der Waals surface area contributed by atoms with Gasteiger partial charge in [-0.05, 0) is 49.0 Å². The van der Waals surface area contributed by atoms with Crippen molar-refractivity contribution in [1.29, 1.82) is 0 Å². The number of rotatable bonds is 6. The third kappa shape index (κ3) is 5.67. The Hall–Kier alpha value is -1.66. The van der Waals surface area contributed by atoms with Crippen LogP contribution >= 0.6 is 12.2 Å². The zero-order chi connectivity index (χ0) is 14.1. The highest BCUT2D eigenvalue weighted by Gasteiger charge is 1.99. The van der Waals surface area contributed by atoms with Gasteiger partial charge in [0, 0.05) is 13.7 Å². The molecule has 19 heavy (non-hydrogen) atoms. The van der Waals surface area contributed by atoms with Crippen molar-refractivity contribution in [3.05, 3.63) is 29.8 Å². The summed E-state index contributed by atoms with van der Waals surface area (Å²) in [7, 11) is 3.28. The Bertz CT molecular complexity index is 432. The molecule has 0 unspecified atom stereocenters.